The van der Waals surface area contributed by atoms with Crippen molar-refractivity contribution in [3.8, 4) is 0 Å². The van der Waals surface area contributed by atoms with E-state index in [4.69, 9.17) is 23.2 Å². The molecule has 0 fully saturated rings. The van der Waals surface area contributed by atoms with E-state index < -0.39 is 0 Å². The van der Waals surface area contributed by atoms with Crippen molar-refractivity contribution in [1.82, 2.24) is 15.5 Å². The molecule has 156 valence electrons. The van der Waals surface area contributed by atoms with Crippen molar-refractivity contribution >= 4 is 35.1 Å². The van der Waals surface area contributed by atoms with Crippen LogP contribution in [0.5, 0.6) is 0 Å². The summed E-state index contributed by atoms with van der Waals surface area (Å²) in [4.78, 5) is 18.4. The van der Waals surface area contributed by atoms with Crippen molar-refractivity contribution in [2.75, 3.05) is 27.2 Å². The molecule has 2 aromatic carbocycles. The number of benzene rings is 2. The highest BCUT2D eigenvalue weighted by Gasteiger charge is 2.10. The van der Waals surface area contributed by atoms with Gasteiger partial charge < -0.3 is 15.5 Å². The number of amides is 1. The third kappa shape index (κ3) is 6.94. The number of carbonyl (C=O) groups is 1. The highest BCUT2D eigenvalue weighted by molar-refractivity contribution is 6.42. The Morgan fingerprint density at radius 3 is 2.55 bits per heavy atom. The van der Waals surface area contributed by atoms with E-state index in [1.165, 1.54) is 0 Å². The molecule has 0 aliphatic rings. The van der Waals surface area contributed by atoms with Crippen LogP contribution in [-0.2, 0) is 6.42 Å². The molecule has 0 aliphatic carbocycles. The summed E-state index contributed by atoms with van der Waals surface area (Å²) in [6.45, 7) is 5.43. The van der Waals surface area contributed by atoms with Crippen LogP contribution < -0.4 is 10.6 Å². The molecule has 0 bridgehead atoms. The fourth-order valence-electron chi connectivity index (χ4n) is 2.81. The van der Waals surface area contributed by atoms with Gasteiger partial charge in [-0.15, -0.1) is 0 Å². The van der Waals surface area contributed by atoms with Gasteiger partial charge in [-0.3, -0.25) is 9.79 Å². The van der Waals surface area contributed by atoms with Gasteiger partial charge >= 0.3 is 0 Å². The van der Waals surface area contributed by atoms with Crippen LogP contribution in [0.2, 0.25) is 10.0 Å². The summed E-state index contributed by atoms with van der Waals surface area (Å²) in [5.41, 5.74) is 2.80. The van der Waals surface area contributed by atoms with E-state index in [1.807, 2.05) is 50.2 Å². The van der Waals surface area contributed by atoms with Gasteiger partial charge in [-0.05, 0) is 55.7 Å². The van der Waals surface area contributed by atoms with Crippen LogP contribution in [0.25, 0.3) is 0 Å². The summed E-state index contributed by atoms with van der Waals surface area (Å²) in [5, 5.41) is 7.72. The third-order valence-electron chi connectivity index (χ3n) is 4.39. The monoisotopic (exact) mass is 434 g/mol. The number of nitrogens with one attached hydrogen (secondary N) is 2. The summed E-state index contributed by atoms with van der Waals surface area (Å²) < 4.78 is 0. The Bertz CT molecular complexity index is 868. The van der Waals surface area contributed by atoms with Crippen molar-refractivity contribution in [2.45, 2.75) is 26.3 Å². The van der Waals surface area contributed by atoms with E-state index >= 15 is 0 Å². The summed E-state index contributed by atoms with van der Waals surface area (Å²) in [7, 11) is 3.51. The smallest absolute Gasteiger partial charge is 0.253 e. The maximum atomic E-state index is 12.1. The molecule has 0 heterocycles. The van der Waals surface area contributed by atoms with E-state index in [9.17, 15) is 4.79 Å². The molecule has 1 unspecified atom stereocenters. The van der Waals surface area contributed by atoms with Crippen molar-refractivity contribution in [3.63, 3.8) is 0 Å². The van der Waals surface area contributed by atoms with Gasteiger partial charge in [0, 0.05) is 32.7 Å². The minimum Gasteiger partial charge on any atom is -0.357 e. The van der Waals surface area contributed by atoms with Crippen molar-refractivity contribution in [1.29, 1.82) is 0 Å². The molecule has 2 aromatic rings. The van der Waals surface area contributed by atoms with Gasteiger partial charge in [0.2, 0.25) is 0 Å². The number of aliphatic imine (C=N–C) groups is 1. The van der Waals surface area contributed by atoms with Crippen LogP contribution in [0.4, 0.5) is 0 Å². The molecule has 0 aliphatic heterocycles. The first-order valence-electron chi connectivity index (χ1n) is 9.62. The van der Waals surface area contributed by atoms with Gasteiger partial charge in [0.05, 0.1) is 16.1 Å². The number of hydrogen-bond acceptors (Lipinski definition) is 2. The lowest BCUT2D eigenvalue weighted by atomic mass is 10.1. The Morgan fingerprint density at radius 1 is 1.14 bits per heavy atom. The highest BCUT2D eigenvalue weighted by Crippen LogP contribution is 2.25. The quantitative estimate of drug-likeness (QED) is 0.496. The first-order valence-corrected chi connectivity index (χ1v) is 10.4. The number of carbonyl (C=O) groups excluding carboxylic acids is 1. The zero-order valence-electron chi connectivity index (χ0n) is 17.3. The second-order valence-electron chi connectivity index (χ2n) is 6.95. The van der Waals surface area contributed by atoms with Gasteiger partial charge in [-0.1, -0.05) is 41.4 Å². The van der Waals surface area contributed by atoms with Gasteiger partial charge in [-0.25, -0.2) is 0 Å². The molecule has 0 saturated heterocycles. The van der Waals surface area contributed by atoms with Crippen LogP contribution in [0.15, 0.2) is 47.5 Å². The zero-order valence-corrected chi connectivity index (χ0v) is 18.8. The molecule has 0 saturated carbocycles. The first kappa shape index (κ1) is 23.0. The molecule has 5 nitrogen and oxygen atoms in total. The van der Waals surface area contributed by atoms with Crippen LogP contribution in [0.3, 0.4) is 0 Å². The second kappa shape index (κ2) is 11.1. The van der Waals surface area contributed by atoms with E-state index in [2.05, 4.69) is 15.6 Å². The summed E-state index contributed by atoms with van der Waals surface area (Å²) in [6.07, 6.45) is 0.742. The Labute approximate surface area is 183 Å². The van der Waals surface area contributed by atoms with Crippen LogP contribution in [-0.4, -0.2) is 44.0 Å². The lowest BCUT2D eigenvalue weighted by Crippen LogP contribution is -2.38. The van der Waals surface area contributed by atoms with E-state index in [0.29, 0.717) is 22.2 Å². The Hall–Kier alpha value is -2.24. The highest BCUT2D eigenvalue weighted by atomic mass is 35.5. The van der Waals surface area contributed by atoms with E-state index in [-0.39, 0.29) is 11.9 Å². The normalized spacial score (nSPS) is 12.4. The van der Waals surface area contributed by atoms with Gasteiger partial charge in [0.25, 0.3) is 5.91 Å². The van der Waals surface area contributed by atoms with Crippen molar-refractivity contribution in [2.24, 2.45) is 4.99 Å². The van der Waals surface area contributed by atoms with Crippen LogP contribution in [0, 0.1) is 0 Å². The van der Waals surface area contributed by atoms with Crippen molar-refractivity contribution < 1.29 is 4.79 Å². The predicted octanol–water partition coefficient (Wildman–Crippen LogP) is 4.55. The lowest BCUT2D eigenvalue weighted by molar-refractivity contribution is 0.0827. The molecule has 2 N–H and O–H groups in total. The number of nitrogens with zero attached hydrogens (tertiary/aromatic N) is 2. The Balaban J connectivity index is 2.02. The van der Waals surface area contributed by atoms with Gasteiger partial charge in [-0.2, -0.15) is 0 Å². The Morgan fingerprint density at radius 2 is 1.90 bits per heavy atom. The predicted molar refractivity (Wildman–Crippen MR) is 122 cm³/mol. The van der Waals surface area contributed by atoms with Crippen LogP contribution >= 0.6 is 23.2 Å². The second-order valence-corrected chi connectivity index (χ2v) is 7.76. The molecule has 29 heavy (non-hydrogen) atoms. The number of halogens is 2. The molecule has 7 heteroatoms. The molecule has 0 spiro atoms. The fourth-order valence-corrected chi connectivity index (χ4v) is 3.11. The number of guanidine groups is 1. The van der Waals surface area contributed by atoms with Gasteiger partial charge in [0.15, 0.2) is 5.96 Å². The maximum absolute atomic E-state index is 12.1. The summed E-state index contributed by atoms with van der Waals surface area (Å²) in [6, 6.07) is 13.3. The molecule has 2 rings (SSSR count). The maximum Gasteiger partial charge on any atom is 0.253 e. The zero-order chi connectivity index (χ0) is 21.4. The molecule has 0 aromatic heterocycles. The van der Waals surface area contributed by atoms with E-state index in [0.717, 1.165) is 30.1 Å². The summed E-state index contributed by atoms with van der Waals surface area (Å²) in [5.74, 6) is 0.729. The average Bonchev–Trinajstić information content (AvgIpc) is 2.69. The van der Waals surface area contributed by atoms with E-state index in [1.54, 1.807) is 25.1 Å². The molecule has 1 amide bonds. The third-order valence-corrected chi connectivity index (χ3v) is 5.13. The van der Waals surface area contributed by atoms with Crippen molar-refractivity contribution in [3.05, 3.63) is 69.2 Å². The molecular weight excluding hydrogens is 407 g/mol. The standard InChI is InChI=1S/C22H28Cl2N4O/c1-5-25-22(27-15(2)17-9-10-19(23)20(24)14-17)26-12-11-16-7-6-8-18(13-16)21(29)28(3)4/h6-10,13-15H,5,11-12H2,1-4H3,(H2,25,26,27). The number of hydrogen-bond donors (Lipinski definition) is 2. The SMILES string of the molecule is CCNC(=NCCc1cccc(C(=O)N(C)C)c1)NC(C)c1ccc(Cl)c(Cl)c1. The first-order chi connectivity index (χ1) is 13.8. The fraction of sp³-hybridized carbons (Fsp3) is 0.364. The van der Waals surface area contributed by atoms with Crippen LogP contribution in [0.1, 0.15) is 41.4 Å². The lowest BCUT2D eigenvalue weighted by Gasteiger charge is -2.18. The molecule has 0 radical (unpaired) electrons. The molecular formula is C22H28Cl2N4O. The minimum absolute atomic E-state index is 0.000747. The topological polar surface area (TPSA) is 56.7 Å². The van der Waals surface area contributed by atoms with Gasteiger partial charge in [0.1, 0.15) is 0 Å². The summed E-state index contributed by atoms with van der Waals surface area (Å²) >= 11 is 12.1. The minimum atomic E-state index is 0.000747. The largest absolute Gasteiger partial charge is 0.357 e. The Kier molecular flexibility index (Phi) is 8.80. The molecule has 1 atom stereocenters. The average molecular weight is 435 g/mol. The number of rotatable bonds is 7.